The third kappa shape index (κ3) is 4.61. The summed E-state index contributed by atoms with van der Waals surface area (Å²) in [4.78, 5) is 2.43. The molecule has 0 aliphatic carbocycles. The van der Waals surface area contributed by atoms with Gasteiger partial charge in [-0.05, 0) is 59.9 Å². The molecule has 0 saturated carbocycles. The monoisotopic (exact) mass is 364 g/mol. The van der Waals surface area contributed by atoms with Gasteiger partial charge in [0.25, 0.3) is 0 Å². The first kappa shape index (κ1) is 16.6. The first-order valence-corrected chi connectivity index (χ1v) is 8.05. The molecule has 1 saturated heterocycles. The van der Waals surface area contributed by atoms with Crippen molar-refractivity contribution in [3.05, 3.63) is 28.2 Å². The molecular weight excluding hydrogens is 345 g/mol. The van der Waals surface area contributed by atoms with E-state index in [1.54, 1.807) is 0 Å². The van der Waals surface area contributed by atoms with Crippen LogP contribution in [0.1, 0.15) is 31.7 Å². The smallest absolute Gasteiger partial charge is 0.381 e. The Labute approximate surface area is 131 Å². The van der Waals surface area contributed by atoms with Gasteiger partial charge in [0.2, 0.25) is 0 Å². The molecule has 118 valence electrons. The van der Waals surface area contributed by atoms with Gasteiger partial charge < -0.3 is 10.2 Å². The molecule has 1 aromatic carbocycles. The number of nitrogens with one attached hydrogen (secondary N) is 1. The van der Waals surface area contributed by atoms with Gasteiger partial charge in [-0.3, -0.25) is 0 Å². The summed E-state index contributed by atoms with van der Waals surface area (Å²) in [6.45, 7) is 5.38. The van der Waals surface area contributed by atoms with Crippen molar-refractivity contribution in [3.63, 3.8) is 0 Å². The minimum Gasteiger partial charge on any atom is -0.381 e. The molecule has 0 amide bonds. The zero-order valence-corrected chi connectivity index (χ0v) is 13.6. The Morgan fingerprint density at radius 1 is 1.29 bits per heavy atom. The zero-order valence-electron chi connectivity index (χ0n) is 12.0. The highest BCUT2D eigenvalue weighted by atomic mass is 79.9. The summed E-state index contributed by atoms with van der Waals surface area (Å²) in [5.41, 5.74) is 0.106. The van der Waals surface area contributed by atoms with Gasteiger partial charge in [0.05, 0.1) is 5.56 Å². The number of alkyl halides is 3. The second kappa shape index (κ2) is 7.01. The highest BCUT2D eigenvalue weighted by Gasteiger charge is 2.31. The first-order chi connectivity index (χ1) is 9.90. The van der Waals surface area contributed by atoms with Crippen molar-refractivity contribution in [2.24, 2.45) is 0 Å². The molecule has 6 heteroatoms. The van der Waals surface area contributed by atoms with E-state index in [4.69, 9.17) is 0 Å². The van der Waals surface area contributed by atoms with Gasteiger partial charge >= 0.3 is 6.18 Å². The standard InChI is InChI=1S/C15H20BrF3N2/c1-2-7-21-8-5-12(6-9-21)20-14-4-3-11(10-13(14)16)15(17,18)19/h3-4,10,12,20H,2,5-9H2,1H3. The summed E-state index contributed by atoms with van der Waals surface area (Å²) < 4.78 is 38.3. The van der Waals surface area contributed by atoms with Gasteiger partial charge in [-0.15, -0.1) is 0 Å². The van der Waals surface area contributed by atoms with Crippen LogP contribution in [0.4, 0.5) is 18.9 Å². The molecule has 2 rings (SSSR count). The average molecular weight is 365 g/mol. The quantitative estimate of drug-likeness (QED) is 0.828. The Balaban J connectivity index is 1.95. The summed E-state index contributed by atoms with van der Waals surface area (Å²) in [5.74, 6) is 0. The van der Waals surface area contributed by atoms with Gasteiger partial charge in [-0.25, -0.2) is 0 Å². The van der Waals surface area contributed by atoms with Crippen LogP contribution in [0.15, 0.2) is 22.7 Å². The maximum absolute atomic E-state index is 12.6. The number of benzene rings is 1. The molecule has 0 unspecified atom stereocenters. The molecular formula is C15H20BrF3N2. The van der Waals surface area contributed by atoms with Crippen LogP contribution < -0.4 is 5.32 Å². The Hall–Kier alpha value is -0.750. The van der Waals surface area contributed by atoms with E-state index in [1.165, 1.54) is 6.07 Å². The number of halogens is 4. The number of nitrogens with zero attached hydrogens (tertiary/aromatic N) is 1. The molecule has 1 aliphatic heterocycles. The molecule has 1 aromatic rings. The third-order valence-electron chi connectivity index (χ3n) is 3.78. The summed E-state index contributed by atoms with van der Waals surface area (Å²) in [7, 11) is 0. The van der Waals surface area contributed by atoms with E-state index in [-0.39, 0.29) is 0 Å². The Morgan fingerprint density at radius 3 is 2.48 bits per heavy atom. The number of hydrogen-bond donors (Lipinski definition) is 1. The lowest BCUT2D eigenvalue weighted by Gasteiger charge is -2.32. The molecule has 1 heterocycles. The van der Waals surface area contributed by atoms with Crippen LogP contribution in [-0.4, -0.2) is 30.6 Å². The molecule has 0 radical (unpaired) electrons. The lowest BCUT2D eigenvalue weighted by Crippen LogP contribution is -2.39. The van der Waals surface area contributed by atoms with Crippen LogP contribution >= 0.6 is 15.9 Å². The van der Waals surface area contributed by atoms with Gasteiger partial charge in [-0.2, -0.15) is 13.2 Å². The Kier molecular flexibility index (Phi) is 5.54. The van der Waals surface area contributed by atoms with E-state index in [9.17, 15) is 13.2 Å². The highest BCUT2D eigenvalue weighted by molar-refractivity contribution is 9.10. The van der Waals surface area contributed by atoms with E-state index in [0.717, 1.165) is 56.7 Å². The third-order valence-corrected chi connectivity index (χ3v) is 4.44. The predicted molar refractivity (Wildman–Crippen MR) is 82.5 cm³/mol. The maximum Gasteiger partial charge on any atom is 0.416 e. The fourth-order valence-corrected chi connectivity index (χ4v) is 3.14. The van der Waals surface area contributed by atoms with Crippen LogP contribution in [0.25, 0.3) is 0 Å². The number of hydrogen-bond acceptors (Lipinski definition) is 2. The number of anilines is 1. The summed E-state index contributed by atoms with van der Waals surface area (Å²) >= 11 is 3.23. The average Bonchev–Trinajstić information content (AvgIpc) is 2.42. The van der Waals surface area contributed by atoms with Crippen LogP contribution in [0.5, 0.6) is 0 Å². The Bertz CT molecular complexity index is 468. The predicted octanol–water partition coefficient (Wildman–Crippen LogP) is 4.75. The molecule has 1 aliphatic rings. The minimum atomic E-state index is -4.30. The van der Waals surface area contributed by atoms with Crippen LogP contribution in [0.3, 0.4) is 0 Å². The van der Waals surface area contributed by atoms with E-state index < -0.39 is 11.7 Å². The molecule has 0 bridgehead atoms. The molecule has 2 nitrogen and oxygen atoms in total. The van der Waals surface area contributed by atoms with E-state index in [0.29, 0.717) is 10.5 Å². The topological polar surface area (TPSA) is 15.3 Å². The van der Waals surface area contributed by atoms with E-state index in [2.05, 4.69) is 33.1 Å². The van der Waals surface area contributed by atoms with Crippen LogP contribution in [0.2, 0.25) is 0 Å². The molecule has 21 heavy (non-hydrogen) atoms. The lowest BCUT2D eigenvalue weighted by atomic mass is 10.0. The molecule has 0 spiro atoms. The van der Waals surface area contributed by atoms with Crippen molar-refractivity contribution in [2.75, 3.05) is 25.0 Å². The van der Waals surface area contributed by atoms with E-state index in [1.807, 2.05) is 0 Å². The zero-order chi connectivity index (χ0) is 15.5. The summed E-state index contributed by atoms with van der Waals surface area (Å²) in [6.07, 6.45) is -1.10. The van der Waals surface area contributed by atoms with Gasteiger partial charge in [0.1, 0.15) is 0 Å². The Morgan fingerprint density at radius 2 is 1.95 bits per heavy atom. The van der Waals surface area contributed by atoms with Crippen molar-refractivity contribution in [2.45, 2.75) is 38.4 Å². The van der Waals surface area contributed by atoms with E-state index >= 15 is 0 Å². The largest absolute Gasteiger partial charge is 0.416 e. The molecule has 0 atom stereocenters. The molecule has 1 N–H and O–H groups in total. The highest BCUT2D eigenvalue weighted by Crippen LogP contribution is 2.34. The van der Waals surface area contributed by atoms with Crippen molar-refractivity contribution >= 4 is 21.6 Å². The molecule has 0 aromatic heterocycles. The minimum absolute atomic E-state index is 0.325. The van der Waals surface area contributed by atoms with Crippen molar-refractivity contribution < 1.29 is 13.2 Å². The number of piperidine rings is 1. The fourth-order valence-electron chi connectivity index (χ4n) is 2.65. The number of rotatable bonds is 4. The SMILES string of the molecule is CCCN1CCC(Nc2ccc(C(F)(F)F)cc2Br)CC1. The lowest BCUT2D eigenvalue weighted by molar-refractivity contribution is -0.137. The normalized spacial score (nSPS) is 18.0. The molecule has 1 fully saturated rings. The first-order valence-electron chi connectivity index (χ1n) is 7.25. The summed E-state index contributed by atoms with van der Waals surface area (Å²) in [5, 5.41) is 3.35. The van der Waals surface area contributed by atoms with Crippen molar-refractivity contribution in [1.29, 1.82) is 0 Å². The fraction of sp³-hybridized carbons (Fsp3) is 0.600. The van der Waals surface area contributed by atoms with Crippen molar-refractivity contribution in [3.8, 4) is 0 Å². The van der Waals surface area contributed by atoms with Gasteiger partial charge in [0.15, 0.2) is 0 Å². The second-order valence-electron chi connectivity index (χ2n) is 5.45. The van der Waals surface area contributed by atoms with Gasteiger partial charge in [-0.1, -0.05) is 6.92 Å². The summed E-state index contributed by atoms with van der Waals surface area (Å²) in [6, 6.07) is 4.09. The van der Waals surface area contributed by atoms with Crippen LogP contribution in [-0.2, 0) is 6.18 Å². The second-order valence-corrected chi connectivity index (χ2v) is 6.31. The van der Waals surface area contributed by atoms with Gasteiger partial charge in [0, 0.05) is 29.3 Å². The maximum atomic E-state index is 12.6. The van der Waals surface area contributed by atoms with Crippen LogP contribution in [0, 0.1) is 0 Å². The number of likely N-dealkylation sites (tertiary alicyclic amines) is 1. The van der Waals surface area contributed by atoms with Crippen molar-refractivity contribution in [1.82, 2.24) is 4.90 Å².